The van der Waals surface area contributed by atoms with E-state index in [9.17, 15) is 13.2 Å². The molecule has 0 heterocycles. The molecule has 1 atom stereocenters. The van der Waals surface area contributed by atoms with E-state index >= 15 is 0 Å². The first-order chi connectivity index (χ1) is 7.27. The molecule has 0 radical (unpaired) electrons. The number of halogens is 3. The van der Waals surface area contributed by atoms with Crippen molar-refractivity contribution in [2.75, 3.05) is 7.05 Å². The van der Waals surface area contributed by atoms with Crippen LogP contribution in [0.3, 0.4) is 0 Å². The molecule has 0 bridgehead atoms. The van der Waals surface area contributed by atoms with Crippen molar-refractivity contribution in [1.82, 2.24) is 5.32 Å². The van der Waals surface area contributed by atoms with Gasteiger partial charge in [-0.3, -0.25) is 0 Å². The van der Waals surface area contributed by atoms with Crippen LogP contribution in [0.4, 0.5) is 13.2 Å². The molecule has 0 fully saturated rings. The summed E-state index contributed by atoms with van der Waals surface area (Å²) in [5, 5.41) is 2.98. The second-order valence-electron chi connectivity index (χ2n) is 4.89. The van der Waals surface area contributed by atoms with Gasteiger partial charge in [-0.15, -0.1) is 0 Å². The number of rotatable bonds is 2. The van der Waals surface area contributed by atoms with E-state index in [0.29, 0.717) is 5.56 Å². The SMILES string of the molecule is CNC(c1cc(F)c(F)c(F)c1)C(C)(C)C. The molecule has 1 nitrogen and oxygen atoms in total. The van der Waals surface area contributed by atoms with Crippen LogP contribution in [0.2, 0.25) is 0 Å². The van der Waals surface area contributed by atoms with Crippen molar-refractivity contribution in [1.29, 1.82) is 0 Å². The quantitative estimate of drug-likeness (QED) is 0.769. The van der Waals surface area contributed by atoms with Gasteiger partial charge in [0.1, 0.15) is 0 Å². The summed E-state index contributed by atoms with van der Waals surface area (Å²) in [6.45, 7) is 5.81. The van der Waals surface area contributed by atoms with Crippen LogP contribution >= 0.6 is 0 Å². The molecule has 0 spiro atoms. The van der Waals surface area contributed by atoms with Gasteiger partial charge in [0.25, 0.3) is 0 Å². The van der Waals surface area contributed by atoms with E-state index < -0.39 is 17.5 Å². The topological polar surface area (TPSA) is 12.0 Å². The summed E-state index contributed by atoms with van der Waals surface area (Å²) in [6, 6.07) is 1.83. The minimum atomic E-state index is -1.42. The Kier molecular flexibility index (Phi) is 3.63. The highest BCUT2D eigenvalue weighted by atomic mass is 19.2. The molecular weight excluding hydrogens is 215 g/mol. The molecule has 1 unspecified atom stereocenters. The lowest BCUT2D eigenvalue weighted by molar-refractivity contribution is 0.284. The van der Waals surface area contributed by atoms with E-state index in [-0.39, 0.29) is 11.5 Å². The van der Waals surface area contributed by atoms with Crippen LogP contribution in [-0.2, 0) is 0 Å². The van der Waals surface area contributed by atoms with Crippen LogP contribution in [0, 0.1) is 22.9 Å². The maximum atomic E-state index is 13.1. The van der Waals surface area contributed by atoms with Crippen molar-refractivity contribution in [2.45, 2.75) is 26.8 Å². The number of hydrogen-bond donors (Lipinski definition) is 1. The minimum absolute atomic E-state index is 0.217. The highest BCUT2D eigenvalue weighted by Crippen LogP contribution is 2.33. The summed E-state index contributed by atoms with van der Waals surface area (Å²) in [6.07, 6.45) is 0. The number of benzene rings is 1. The van der Waals surface area contributed by atoms with E-state index in [2.05, 4.69) is 5.32 Å². The summed E-state index contributed by atoms with van der Waals surface area (Å²) in [5.74, 6) is -3.73. The molecule has 0 aromatic heterocycles. The Morgan fingerprint density at radius 1 is 1.06 bits per heavy atom. The van der Waals surface area contributed by atoms with Crippen molar-refractivity contribution < 1.29 is 13.2 Å². The molecule has 0 aliphatic carbocycles. The first-order valence-corrected chi connectivity index (χ1v) is 5.09. The lowest BCUT2D eigenvalue weighted by Gasteiger charge is -2.30. The third kappa shape index (κ3) is 2.55. The van der Waals surface area contributed by atoms with E-state index in [0.717, 1.165) is 12.1 Å². The zero-order chi connectivity index (χ0) is 12.5. The molecule has 1 rings (SSSR count). The van der Waals surface area contributed by atoms with Gasteiger partial charge in [-0.1, -0.05) is 20.8 Å². The van der Waals surface area contributed by atoms with Crippen LogP contribution in [0.15, 0.2) is 12.1 Å². The fourth-order valence-electron chi connectivity index (χ4n) is 1.84. The predicted molar refractivity (Wildman–Crippen MR) is 57.6 cm³/mol. The molecule has 0 aliphatic rings. The van der Waals surface area contributed by atoms with Crippen molar-refractivity contribution in [3.8, 4) is 0 Å². The molecule has 90 valence electrons. The Hall–Kier alpha value is -1.03. The van der Waals surface area contributed by atoms with E-state index in [4.69, 9.17) is 0 Å². The third-order valence-electron chi connectivity index (χ3n) is 2.49. The highest BCUT2D eigenvalue weighted by Gasteiger charge is 2.26. The Labute approximate surface area is 93.7 Å². The van der Waals surface area contributed by atoms with Gasteiger partial charge in [0, 0.05) is 6.04 Å². The summed E-state index contributed by atoms with van der Waals surface area (Å²) in [5.41, 5.74) is 0.192. The number of nitrogens with one attached hydrogen (secondary N) is 1. The second-order valence-corrected chi connectivity index (χ2v) is 4.89. The summed E-state index contributed by atoms with van der Waals surface area (Å²) in [4.78, 5) is 0. The van der Waals surface area contributed by atoms with Gasteiger partial charge in [-0.25, -0.2) is 13.2 Å². The minimum Gasteiger partial charge on any atom is -0.313 e. The largest absolute Gasteiger partial charge is 0.313 e. The summed E-state index contributed by atoms with van der Waals surface area (Å²) < 4.78 is 39.0. The van der Waals surface area contributed by atoms with Crippen LogP contribution in [0.1, 0.15) is 32.4 Å². The maximum Gasteiger partial charge on any atom is 0.194 e. The zero-order valence-corrected chi connectivity index (χ0v) is 9.87. The van der Waals surface area contributed by atoms with Gasteiger partial charge in [0.15, 0.2) is 17.5 Å². The first-order valence-electron chi connectivity index (χ1n) is 5.09. The van der Waals surface area contributed by atoms with Gasteiger partial charge in [0.05, 0.1) is 0 Å². The molecule has 0 amide bonds. The van der Waals surface area contributed by atoms with Crippen molar-refractivity contribution in [3.63, 3.8) is 0 Å². The lowest BCUT2D eigenvalue weighted by atomic mass is 9.82. The van der Waals surface area contributed by atoms with Gasteiger partial charge < -0.3 is 5.32 Å². The molecule has 1 aromatic rings. The van der Waals surface area contributed by atoms with Gasteiger partial charge in [-0.05, 0) is 30.2 Å². The molecular formula is C12H16F3N. The van der Waals surface area contributed by atoms with Crippen LogP contribution in [0.5, 0.6) is 0 Å². The van der Waals surface area contributed by atoms with Gasteiger partial charge in [-0.2, -0.15) is 0 Å². The first kappa shape index (κ1) is 13.0. The zero-order valence-electron chi connectivity index (χ0n) is 9.87. The van der Waals surface area contributed by atoms with Gasteiger partial charge >= 0.3 is 0 Å². The van der Waals surface area contributed by atoms with Crippen LogP contribution < -0.4 is 5.32 Å². The Balaban J connectivity index is 3.22. The fraction of sp³-hybridized carbons (Fsp3) is 0.500. The highest BCUT2D eigenvalue weighted by molar-refractivity contribution is 5.24. The summed E-state index contributed by atoms with van der Waals surface area (Å²) in [7, 11) is 1.70. The monoisotopic (exact) mass is 231 g/mol. The molecule has 4 heteroatoms. The Morgan fingerprint density at radius 3 is 1.81 bits per heavy atom. The van der Waals surface area contributed by atoms with Crippen molar-refractivity contribution in [2.24, 2.45) is 5.41 Å². The average Bonchev–Trinajstić information content (AvgIpc) is 2.12. The lowest BCUT2D eigenvalue weighted by Crippen LogP contribution is -2.29. The van der Waals surface area contributed by atoms with Gasteiger partial charge in [0.2, 0.25) is 0 Å². The third-order valence-corrected chi connectivity index (χ3v) is 2.49. The smallest absolute Gasteiger partial charge is 0.194 e. The van der Waals surface area contributed by atoms with E-state index in [1.54, 1.807) is 7.05 Å². The Morgan fingerprint density at radius 2 is 1.50 bits per heavy atom. The van der Waals surface area contributed by atoms with E-state index in [1.165, 1.54) is 0 Å². The van der Waals surface area contributed by atoms with Crippen LogP contribution in [0.25, 0.3) is 0 Å². The molecule has 1 N–H and O–H groups in total. The molecule has 0 aliphatic heterocycles. The van der Waals surface area contributed by atoms with Crippen LogP contribution in [-0.4, -0.2) is 7.05 Å². The second kappa shape index (κ2) is 4.45. The molecule has 0 saturated heterocycles. The average molecular weight is 231 g/mol. The molecule has 1 aromatic carbocycles. The molecule has 16 heavy (non-hydrogen) atoms. The molecule has 0 saturated carbocycles. The standard InChI is InChI=1S/C12H16F3N/c1-12(2,3)11(16-4)7-5-8(13)10(15)9(14)6-7/h5-6,11,16H,1-4H3. The fourth-order valence-corrected chi connectivity index (χ4v) is 1.84. The van der Waals surface area contributed by atoms with Crippen molar-refractivity contribution >= 4 is 0 Å². The number of hydrogen-bond acceptors (Lipinski definition) is 1. The van der Waals surface area contributed by atoms with Crippen molar-refractivity contribution in [3.05, 3.63) is 35.1 Å². The Bertz CT molecular complexity index is 359. The maximum absolute atomic E-state index is 13.1. The summed E-state index contributed by atoms with van der Waals surface area (Å²) >= 11 is 0. The normalized spacial score (nSPS) is 13.9. The predicted octanol–water partition coefficient (Wildman–Crippen LogP) is 3.41. The van der Waals surface area contributed by atoms with E-state index in [1.807, 2.05) is 20.8 Å².